The quantitative estimate of drug-likeness (QED) is 0.652. The first-order valence-electron chi connectivity index (χ1n) is 6.16. The van der Waals surface area contributed by atoms with E-state index in [0.717, 1.165) is 10.7 Å². The second-order valence-corrected chi connectivity index (χ2v) is 5.34. The number of nitro benzene ring substituents is 1. The summed E-state index contributed by atoms with van der Waals surface area (Å²) in [6, 6.07) is 4.20. The van der Waals surface area contributed by atoms with Gasteiger partial charge in [0.1, 0.15) is 5.69 Å². The van der Waals surface area contributed by atoms with Crippen molar-refractivity contribution in [2.75, 3.05) is 12.4 Å². The molecule has 0 aliphatic heterocycles. The van der Waals surface area contributed by atoms with E-state index in [0.29, 0.717) is 17.8 Å². The Morgan fingerprint density at radius 3 is 2.81 bits per heavy atom. The van der Waals surface area contributed by atoms with Gasteiger partial charge >= 0.3 is 0 Å². The van der Waals surface area contributed by atoms with Crippen LogP contribution in [0.4, 0.5) is 11.4 Å². The average Bonchev–Trinajstić information content (AvgIpc) is 2.89. The van der Waals surface area contributed by atoms with Gasteiger partial charge in [0.2, 0.25) is 0 Å². The van der Waals surface area contributed by atoms with Gasteiger partial charge in [0.05, 0.1) is 22.2 Å². The van der Waals surface area contributed by atoms with Crippen molar-refractivity contribution < 1.29 is 9.72 Å². The molecule has 0 aliphatic rings. The van der Waals surface area contributed by atoms with Crippen LogP contribution < -0.4 is 10.6 Å². The fourth-order valence-corrected chi connectivity index (χ4v) is 2.41. The summed E-state index contributed by atoms with van der Waals surface area (Å²) in [7, 11) is 1.57. The molecule has 0 radical (unpaired) electrons. The minimum Gasteiger partial charge on any atom is -0.383 e. The number of benzene rings is 1. The summed E-state index contributed by atoms with van der Waals surface area (Å²) >= 11 is 1.52. The summed E-state index contributed by atoms with van der Waals surface area (Å²) in [5, 5.41) is 19.1. The highest BCUT2D eigenvalue weighted by Crippen LogP contribution is 2.24. The van der Waals surface area contributed by atoms with Gasteiger partial charge in [-0.25, -0.2) is 4.98 Å². The van der Waals surface area contributed by atoms with Crippen LogP contribution in [0.5, 0.6) is 0 Å². The molecule has 110 valence electrons. The zero-order valence-electron chi connectivity index (χ0n) is 11.5. The molecule has 0 atom stereocenters. The first-order chi connectivity index (χ1) is 10.0. The van der Waals surface area contributed by atoms with E-state index < -0.39 is 4.92 Å². The van der Waals surface area contributed by atoms with Gasteiger partial charge in [0, 0.05) is 24.1 Å². The maximum Gasteiger partial charge on any atom is 0.292 e. The number of nitro groups is 1. The number of nitrogens with zero attached hydrogens (tertiary/aromatic N) is 2. The number of aromatic nitrogens is 1. The van der Waals surface area contributed by atoms with Gasteiger partial charge in [0.25, 0.3) is 11.6 Å². The van der Waals surface area contributed by atoms with E-state index in [9.17, 15) is 14.9 Å². The molecule has 0 fully saturated rings. The smallest absolute Gasteiger partial charge is 0.292 e. The Labute approximate surface area is 125 Å². The molecule has 21 heavy (non-hydrogen) atoms. The summed E-state index contributed by atoms with van der Waals surface area (Å²) in [6.45, 7) is 2.22. The van der Waals surface area contributed by atoms with E-state index >= 15 is 0 Å². The lowest BCUT2D eigenvalue weighted by Crippen LogP contribution is -2.23. The van der Waals surface area contributed by atoms with Crippen molar-refractivity contribution in [2.45, 2.75) is 13.5 Å². The number of aryl methyl sites for hydroxylation is 1. The molecule has 2 N–H and O–H groups in total. The third-order valence-electron chi connectivity index (χ3n) is 2.82. The summed E-state index contributed by atoms with van der Waals surface area (Å²) in [5.74, 6) is -0.299. The van der Waals surface area contributed by atoms with Crippen molar-refractivity contribution in [3.05, 3.63) is 50.0 Å². The van der Waals surface area contributed by atoms with Gasteiger partial charge in [0.15, 0.2) is 0 Å². The van der Waals surface area contributed by atoms with Crippen molar-refractivity contribution >= 4 is 28.6 Å². The molecule has 1 amide bonds. The predicted molar refractivity (Wildman–Crippen MR) is 80.7 cm³/mol. The molecular formula is C13H14N4O3S. The standard InChI is InChI=1S/C13H14N4O3S/c1-8-16-10(7-21-8)6-15-13(18)9-3-4-12(17(19)20)11(5-9)14-2/h3-5,7,14H,6H2,1-2H3,(H,15,18). The molecule has 7 nitrogen and oxygen atoms in total. The third kappa shape index (κ3) is 3.54. The SMILES string of the molecule is CNc1cc(C(=O)NCc2csc(C)n2)ccc1[N+](=O)[O-]. The van der Waals surface area contributed by atoms with Crippen LogP contribution in [-0.4, -0.2) is 22.9 Å². The normalized spacial score (nSPS) is 10.2. The second-order valence-electron chi connectivity index (χ2n) is 4.28. The van der Waals surface area contributed by atoms with E-state index in [1.54, 1.807) is 7.05 Å². The first-order valence-corrected chi connectivity index (χ1v) is 7.04. The van der Waals surface area contributed by atoms with E-state index in [2.05, 4.69) is 15.6 Å². The summed E-state index contributed by atoms with van der Waals surface area (Å²) in [6.07, 6.45) is 0. The van der Waals surface area contributed by atoms with Gasteiger partial charge in [-0.15, -0.1) is 11.3 Å². The number of nitrogens with one attached hydrogen (secondary N) is 2. The predicted octanol–water partition coefficient (Wildman–Crippen LogP) is 2.33. The molecule has 0 saturated heterocycles. The maximum absolute atomic E-state index is 12.0. The maximum atomic E-state index is 12.0. The lowest BCUT2D eigenvalue weighted by molar-refractivity contribution is -0.383. The van der Waals surface area contributed by atoms with Crippen LogP contribution in [0, 0.1) is 17.0 Å². The Hall–Kier alpha value is -2.48. The first kappa shape index (κ1) is 14.9. The lowest BCUT2D eigenvalue weighted by atomic mass is 10.1. The zero-order valence-corrected chi connectivity index (χ0v) is 12.4. The zero-order chi connectivity index (χ0) is 15.4. The highest BCUT2D eigenvalue weighted by Gasteiger charge is 2.15. The second kappa shape index (κ2) is 6.31. The van der Waals surface area contributed by atoms with Crippen LogP contribution in [0.15, 0.2) is 23.6 Å². The highest BCUT2D eigenvalue weighted by atomic mass is 32.1. The fraction of sp³-hybridized carbons (Fsp3) is 0.231. The van der Waals surface area contributed by atoms with Crippen LogP contribution >= 0.6 is 11.3 Å². The van der Waals surface area contributed by atoms with E-state index in [1.807, 2.05) is 12.3 Å². The molecule has 0 spiro atoms. The van der Waals surface area contributed by atoms with Crippen molar-refractivity contribution in [3.63, 3.8) is 0 Å². The molecule has 2 aromatic rings. The number of thiazole rings is 1. The number of amides is 1. The van der Waals surface area contributed by atoms with E-state index in [4.69, 9.17) is 0 Å². The van der Waals surface area contributed by atoms with Crippen molar-refractivity contribution in [1.29, 1.82) is 0 Å². The molecule has 1 aromatic heterocycles. The minimum absolute atomic E-state index is 0.0656. The highest BCUT2D eigenvalue weighted by molar-refractivity contribution is 7.09. The average molecular weight is 306 g/mol. The van der Waals surface area contributed by atoms with Crippen molar-refractivity contribution in [1.82, 2.24) is 10.3 Å². The summed E-state index contributed by atoms with van der Waals surface area (Å²) in [4.78, 5) is 26.6. The molecule has 2 rings (SSSR count). The molecule has 1 heterocycles. The molecule has 1 aromatic carbocycles. The minimum atomic E-state index is -0.494. The Morgan fingerprint density at radius 1 is 1.48 bits per heavy atom. The Bertz CT molecular complexity index is 684. The fourth-order valence-electron chi connectivity index (χ4n) is 1.80. The molecule has 0 aliphatic carbocycles. The Morgan fingerprint density at radius 2 is 2.24 bits per heavy atom. The van der Waals surface area contributed by atoms with Crippen LogP contribution in [0.1, 0.15) is 21.1 Å². The van der Waals surface area contributed by atoms with Crippen molar-refractivity contribution in [3.8, 4) is 0 Å². The monoisotopic (exact) mass is 306 g/mol. The summed E-state index contributed by atoms with van der Waals surface area (Å²) in [5.41, 5.74) is 1.39. The molecule has 0 unspecified atom stereocenters. The van der Waals surface area contributed by atoms with Crippen LogP contribution in [0.2, 0.25) is 0 Å². The molecule has 0 bridgehead atoms. The van der Waals surface area contributed by atoms with Crippen LogP contribution in [0.3, 0.4) is 0 Å². The molecule has 0 saturated carbocycles. The summed E-state index contributed by atoms with van der Waals surface area (Å²) < 4.78 is 0. The van der Waals surface area contributed by atoms with E-state index in [1.165, 1.54) is 29.5 Å². The molecule has 8 heteroatoms. The Kier molecular flexibility index (Phi) is 4.49. The number of hydrogen-bond acceptors (Lipinski definition) is 6. The number of carbonyl (C=O) groups is 1. The topological polar surface area (TPSA) is 97.2 Å². The largest absolute Gasteiger partial charge is 0.383 e. The van der Waals surface area contributed by atoms with Crippen molar-refractivity contribution in [2.24, 2.45) is 0 Å². The van der Waals surface area contributed by atoms with E-state index in [-0.39, 0.29) is 11.6 Å². The number of hydrogen-bond donors (Lipinski definition) is 2. The van der Waals surface area contributed by atoms with Gasteiger partial charge in [-0.3, -0.25) is 14.9 Å². The number of carbonyl (C=O) groups excluding carboxylic acids is 1. The third-order valence-corrected chi connectivity index (χ3v) is 3.64. The number of rotatable bonds is 5. The van der Waals surface area contributed by atoms with Crippen LogP contribution in [0.25, 0.3) is 0 Å². The van der Waals surface area contributed by atoms with Gasteiger partial charge < -0.3 is 10.6 Å². The lowest BCUT2D eigenvalue weighted by Gasteiger charge is -2.06. The van der Waals surface area contributed by atoms with Gasteiger partial charge in [-0.1, -0.05) is 0 Å². The number of anilines is 1. The van der Waals surface area contributed by atoms with Gasteiger partial charge in [-0.05, 0) is 19.1 Å². The van der Waals surface area contributed by atoms with Gasteiger partial charge in [-0.2, -0.15) is 0 Å². The van der Waals surface area contributed by atoms with Crippen LogP contribution in [-0.2, 0) is 6.54 Å². The Balaban J connectivity index is 2.10. The molecular weight excluding hydrogens is 292 g/mol.